The van der Waals surface area contributed by atoms with Crippen molar-refractivity contribution < 1.29 is 14.7 Å². The highest BCUT2D eigenvalue weighted by molar-refractivity contribution is 7.10. The molecule has 0 bridgehead atoms. The molecule has 1 amide bonds. The van der Waals surface area contributed by atoms with Crippen molar-refractivity contribution in [3.05, 3.63) is 21.9 Å². The third kappa shape index (κ3) is 2.72. The van der Waals surface area contributed by atoms with Gasteiger partial charge in [-0.15, -0.1) is 11.3 Å². The summed E-state index contributed by atoms with van der Waals surface area (Å²) in [7, 11) is 0. The summed E-state index contributed by atoms with van der Waals surface area (Å²) in [5.41, 5.74) is 1.25. The molecule has 4 nitrogen and oxygen atoms in total. The molecule has 2 atom stereocenters. The van der Waals surface area contributed by atoms with Gasteiger partial charge in [0, 0.05) is 11.4 Å². The van der Waals surface area contributed by atoms with Crippen LogP contribution in [0.1, 0.15) is 23.3 Å². The summed E-state index contributed by atoms with van der Waals surface area (Å²) in [6, 6.07) is 2.06. The molecule has 5 heteroatoms. The van der Waals surface area contributed by atoms with Gasteiger partial charge in [-0.3, -0.25) is 9.59 Å². The number of thiophene rings is 1. The number of hydrogen-bond acceptors (Lipinski definition) is 3. The van der Waals surface area contributed by atoms with Gasteiger partial charge >= 0.3 is 5.97 Å². The molecular formula is C13H17NO3S. The number of hydrogen-bond donors (Lipinski definition) is 2. The number of aryl methyl sites for hydroxylation is 1. The smallest absolute Gasteiger partial charge is 0.307 e. The van der Waals surface area contributed by atoms with Gasteiger partial charge in [-0.1, -0.05) is 0 Å². The lowest BCUT2D eigenvalue weighted by atomic mass is 9.73. The normalized spacial score (nSPS) is 22.3. The van der Waals surface area contributed by atoms with Crippen LogP contribution in [-0.2, 0) is 16.0 Å². The molecule has 98 valence electrons. The van der Waals surface area contributed by atoms with Gasteiger partial charge in [-0.2, -0.15) is 0 Å². The molecule has 1 aromatic rings. The minimum atomic E-state index is -0.851. The number of aliphatic carboxylic acids is 1. The van der Waals surface area contributed by atoms with Crippen molar-refractivity contribution in [3.63, 3.8) is 0 Å². The maximum absolute atomic E-state index is 11.8. The van der Waals surface area contributed by atoms with E-state index in [1.54, 1.807) is 11.3 Å². The second kappa shape index (κ2) is 5.52. The van der Waals surface area contributed by atoms with Crippen molar-refractivity contribution in [2.75, 3.05) is 6.54 Å². The van der Waals surface area contributed by atoms with Gasteiger partial charge in [0.05, 0.1) is 11.8 Å². The van der Waals surface area contributed by atoms with Gasteiger partial charge in [-0.25, -0.2) is 0 Å². The molecule has 2 N–H and O–H groups in total. The number of carboxylic acids is 1. The third-order valence-electron chi connectivity index (χ3n) is 3.55. The minimum absolute atomic E-state index is 0.108. The van der Waals surface area contributed by atoms with E-state index < -0.39 is 11.9 Å². The topological polar surface area (TPSA) is 66.4 Å². The van der Waals surface area contributed by atoms with Gasteiger partial charge in [0.15, 0.2) is 0 Å². The first kappa shape index (κ1) is 13.1. The lowest BCUT2D eigenvalue weighted by molar-refractivity contribution is -0.152. The van der Waals surface area contributed by atoms with E-state index in [9.17, 15) is 9.59 Å². The Labute approximate surface area is 110 Å². The summed E-state index contributed by atoms with van der Waals surface area (Å²) < 4.78 is 0. The van der Waals surface area contributed by atoms with Crippen molar-refractivity contribution in [1.82, 2.24) is 5.32 Å². The van der Waals surface area contributed by atoms with Crippen LogP contribution >= 0.6 is 11.3 Å². The van der Waals surface area contributed by atoms with Crippen LogP contribution in [0.25, 0.3) is 0 Å². The number of carbonyl (C=O) groups is 2. The second-order valence-electron chi connectivity index (χ2n) is 4.70. The number of nitrogens with one attached hydrogen (secondary N) is 1. The molecule has 0 spiro atoms. The summed E-state index contributed by atoms with van der Waals surface area (Å²) >= 11 is 1.69. The van der Waals surface area contributed by atoms with E-state index in [0.29, 0.717) is 19.4 Å². The molecule has 0 radical (unpaired) electrons. The lowest BCUT2D eigenvalue weighted by Gasteiger charge is -2.31. The Balaban J connectivity index is 1.76. The maximum Gasteiger partial charge on any atom is 0.307 e. The minimum Gasteiger partial charge on any atom is -0.481 e. The molecule has 0 saturated heterocycles. The quantitative estimate of drug-likeness (QED) is 0.855. The fraction of sp³-hybridized carbons (Fsp3) is 0.538. The van der Waals surface area contributed by atoms with Gasteiger partial charge in [0.2, 0.25) is 5.91 Å². The second-order valence-corrected chi connectivity index (χ2v) is 5.70. The summed E-state index contributed by atoms with van der Waals surface area (Å²) in [6.07, 6.45) is 2.14. The Morgan fingerprint density at radius 3 is 2.67 bits per heavy atom. The first-order valence-electron chi connectivity index (χ1n) is 6.13. The molecular weight excluding hydrogens is 250 g/mol. The van der Waals surface area contributed by atoms with Crippen LogP contribution in [0.3, 0.4) is 0 Å². The number of carboxylic acid groups (broad SMARTS) is 1. The zero-order valence-corrected chi connectivity index (χ0v) is 11.1. The monoisotopic (exact) mass is 267 g/mol. The van der Waals surface area contributed by atoms with E-state index in [4.69, 9.17) is 5.11 Å². The number of rotatable bonds is 5. The van der Waals surface area contributed by atoms with E-state index >= 15 is 0 Å². The predicted molar refractivity (Wildman–Crippen MR) is 69.6 cm³/mol. The van der Waals surface area contributed by atoms with Gasteiger partial charge in [0.25, 0.3) is 0 Å². The van der Waals surface area contributed by atoms with E-state index in [-0.39, 0.29) is 11.8 Å². The molecule has 1 aliphatic carbocycles. The Morgan fingerprint density at radius 2 is 2.17 bits per heavy atom. The zero-order valence-electron chi connectivity index (χ0n) is 10.3. The Bertz CT molecular complexity index is 455. The Kier molecular flexibility index (Phi) is 4.01. The summed E-state index contributed by atoms with van der Waals surface area (Å²) in [4.78, 5) is 23.9. The van der Waals surface area contributed by atoms with Crippen LogP contribution in [0.15, 0.2) is 11.4 Å². The first-order valence-corrected chi connectivity index (χ1v) is 7.01. The zero-order chi connectivity index (χ0) is 13.1. The van der Waals surface area contributed by atoms with Gasteiger partial charge in [-0.05, 0) is 43.2 Å². The van der Waals surface area contributed by atoms with Crippen molar-refractivity contribution >= 4 is 23.2 Å². The van der Waals surface area contributed by atoms with Crippen LogP contribution in [0.4, 0.5) is 0 Å². The highest BCUT2D eigenvalue weighted by atomic mass is 32.1. The summed E-state index contributed by atoms with van der Waals surface area (Å²) in [5, 5.41) is 13.8. The maximum atomic E-state index is 11.8. The van der Waals surface area contributed by atoms with Gasteiger partial charge in [0.1, 0.15) is 0 Å². The lowest BCUT2D eigenvalue weighted by Crippen LogP contribution is -2.44. The summed E-state index contributed by atoms with van der Waals surface area (Å²) in [5.74, 6) is -1.77. The molecule has 0 aliphatic heterocycles. The van der Waals surface area contributed by atoms with E-state index in [0.717, 1.165) is 6.42 Å². The van der Waals surface area contributed by atoms with Crippen LogP contribution in [0.5, 0.6) is 0 Å². The van der Waals surface area contributed by atoms with Crippen molar-refractivity contribution in [2.45, 2.75) is 26.2 Å². The SMILES string of the molecule is Cc1ccsc1CCNC(=O)C1CCC1C(=O)O. The highest BCUT2D eigenvalue weighted by Gasteiger charge is 2.41. The van der Waals surface area contributed by atoms with E-state index in [1.807, 2.05) is 5.38 Å². The van der Waals surface area contributed by atoms with Crippen LogP contribution in [0.2, 0.25) is 0 Å². The van der Waals surface area contributed by atoms with Crippen LogP contribution in [-0.4, -0.2) is 23.5 Å². The predicted octanol–water partition coefficient (Wildman–Crippen LogP) is 1.83. The molecule has 1 saturated carbocycles. The number of carbonyl (C=O) groups excluding carboxylic acids is 1. The van der Waals surface area contributed by atoms with Crippen molar-refractivity contribution in [2.24, 2.45) is 11.8 Å². The standard InChI is InChI=1S/C13H17NO3S/c1-8-5-7-18-11(8)4-6-14-12(15)9-2-3-10(9)13(16)17/h5,7,9-10H,2-4,6H2,1H3,(H,14,15)(H,16,17). The highest BCUT2D eigenvalue weighted by Crippen LogP contribution is 2.34. The average Bonchev–Trinajstić information content (AvgIpc) is 2.62. The van der Waals surface area contributed by atoms with Crippen molar-refractivity contribution in [1.29, 1.82) is 0 Å². The fourth-order valence-electron chi connectivity index (χ4n) is 2.20. The first-order chi connectivity index (χ1) is 8.59. The Hall–Kier alpha value is -1.36. The third-order valence-corrected chi connectivity index (χ3v) is 4.63. The molecule has 0 aromatic carbocycles. The molecule has 1 heterocycles. The number of amides is 1. The molecule has 1 aromatic heterocycles. The van der Waals surface area contributed by atoms with Crippen LogP contribution < -0.4 is 5.32 Å². The average molecular weight is 267 g/mol. The molecule has 1 aliphatic rings. The fourth-order valence-corrected chi connectivity index (χ4v) is 3.11. The largest absolute Gasteiger partial charge is 0.481 e. The van der Waals surface area contributed by atoms with Crippen molar-refractivity contribution in [3.8, 4) is 0 Å². The van der Waals surface area contributed by atoms with Crippen LogP contribution in [0, 0.1) is 18.8 Å². The molecule has 2 unspecified atom stereocenters. The van der Waals surface area contributed by atoms with Gasteiger partial charge < -0.3 is 10.4 Å². The van der Waals surface area contributed by atoms with E-state index in [1.165, 1.54) is 10.4 Å². The molecule has 18 heavy (non-hydrogen) atoms. The Morgan fingerprint density at radius 1 is 1.44 bits per heavy atom. The summed E-state index contributed by atoms with van der Waals surface area (Å²) in [6.45, 7) is 2.64. The molecule has 1 fully saturated rings. The molecule has 2 rings (SSSR count). The van der Waals surface area contributed by atoms with E-state index in [2.05, 4.69) is 18.3 Å².